The molecule has 0 aliphatic carbocycles. The fraction of sp³-hybridized carbons (Fsp3) is 0.250. The van der Waals surface area contributed by atoms with Gasteiger partial charge in [0.15, 0.2) is 5.75 Å². The maximum atomic E-state index is 12.3. The summed E-state index contributed by atoms with van der Waals surface area (Å²) in [5, 5.41) is 8.45. The van der Waals surface area contributed by atoms with Crippen LogP contribution in [0.25, 0.3) is 5.69 Å². The molecule has 0 atom stereocenters. The first-order valence-corrected chi connectivity index (χ1v) is 7.96. The first kappa shape index (κ1) is 17.9. The van der Waals surface area contributed by atoms with Crippen LogP contribution in [-0.4, -0.2) is 45.4 Å². The van der Waals surface area contributed by atoms with Crippen LogP contribution in [0.3, 0.4) is 0 Å². The van der Waals surface area contributed by atoms with Crippen LogP contribution in [0.2, 0.25) is 5.02 Å². The molecule has 0 bridgehead atoms. The lowest BCUT2D eigenvalue weighted by atomic mass is 10.3. The Kier molecular flexibility index (Phi) is 5.80. The average molecular weight is 380 g/mol. The van der Waals surface area contributed by atoms with Gasteiger partial charge in [0, 0.05) is 6.07 Å². The van der Waals surface area contributed by atoms with E-state index in [-0.39, 0.29) is 19.2 Å². The van der Waals surface area contributed by atoms with Gasteiger partial charge in [0.2, 0.25) is 0 Å². The van der Waals surface area contributed by atoms with Gasteiger partial charge in [-0.05, 0) is 12.1 Å². The molecule has 136 valence electrons. The maximum Gasteiger partial charge on any atom is 0.316 e. The van der Waals surface area contributed by atoms with Crippen molar-refractivity contribution in [2.45, 2.75) is 6.61 Å². The van der Waals surface area contributed by atoms with Gasteiger partial charge in [0.25, 0.3) is 0 Å². The third-order valence-corrected chi connectivity index (χ3v) is 3.56. The van der Waals surface area contributed by atoms with Crippen molar-refractivity contribution in [3.8, 4) is 23.2 Å². The number of hydrogen-bond donors (Lipinski definition) is 0. The maximum absolute atomic E-state index is 12.3. The smallest absolute Gasteiger partial charge is 0.316 e. The molecular formula is C16H15ClFN5O3. The van der Waals surface area contributed by atoms with Crippen molar-refractivity contribution in [3.63, 3.8) is 0 Å². The molecule has 0 aliphatic heterocycles. The second kappa shape index (κ2) is 8.43. The zero-order valence-electron chi connectivity index (χ0n) is 13.8. The Balaban J connectivity index is 1.67. The van der Waals surface area contributed by atoms with Crippen LogP contribution < -0.4 is 14.2 Å². The summed E-state index contributed by atoms with van der Waals surface area (Å²) < 4.78 is 29.5. The van der Waals surface area contributed by atoms with Crippen molar-refractivity contribution in [1.82, 2.24) is 25.0 Å². The van der Waals surface area contributed by atoms with Crippen LogP contribution in [0.1, 0.15) is 5.69 Å². The summed E-state index contributed by atoms with van der Waals surface area (Å²) in [5.41, 5.74) is 1.24. The van der Waals surface area contributed by atoms with E-state index in [2.05, 4.69) is 20.3 Å². The lowest BCUT2D eigenvalue weighted by Crippen LogP contribution is -2.01. The topological polar surface area (TPSA) is 84.2 Å². The summed E-state index contributed by atoms with van der Waals surface area (Å²) in [6, 6.07) is 5.25. The van der Waals surface area contributed by atoms with E-state index in [9.17, 15) is 4.39 Å². The van der Waals surface area contributed by atoms with E-state index in [1.807, 2.05) is 0 Å². The van der Waals surface area contributed by atoms with Gasteiger partial charge < -0.3 is 14.2 Å². The molecule has 0 spiro atoms. The fourth-order valence-electron chi connectivity index (χ4n) is 2.01. The van der Waals surface area contributed by atoms with Crippen molar-refractivity contribution in [2.75, 3.05) is 20.4 Å². The van der Waals surface area contributed by atoms with Crippen LogP contribution in [0.15, 0.2) is 36.8 Å². The van der Waals surface area contributed by atoms with Crippen molar-refractivity contribution in [1.29, 1.82) is 0 Å². The fourth-order valence-corrected chi connectivity index (χ4v) is 2.18. The highest BCUT2D eigenvalue weighted by molar-refractivity contribution is 6.32. The first-order chi connectivity index (χ1) is 12.7. The zero-order chi connectivity index (χ0) is 18.4. The Morgan fingerprint density at radius 3 is 2.73 bits per heavy atom. The predicted molar refractivity (Wildman–Crippen MR) is 90.8 cm³/mol. The molecule has 0 unspecified atom stereocenters. The lowest BCUT2D eigenvalue weighted by Gasteiger charge is -2.08. The SMILES string of the molecule is COc1cnc(OCc2cn(-c3ccc(Cl)c(OCCF)c3)nn2)nc1. The molecule has 0 fully saturated rings. The molecule has 2 heterocycles. The minimum absolute atomic E-state index is 0.0680. The molecule has 26 heavy (non-hydrogen) atoms. The second-order valence-electron chi connectivity index (χ2n) is 5.00. The molecule has 0 saturated heterocycles. The van der Waals surface area contributed by atoms with E-state index in [0.29, 0.717) is 27.9 Å². The molecule has 1 aromatic carbocycles. The molecule has 2 aromatic heterocycles. The van der Waals surface area contributed by atoms with Gasteiger partial charge in [-0.2, -0.15) is 9.97 Å². The van der Waals surface area contributed by atoms with E-state index in [1.54, 1.807) is 24.4 Å². The molecular weight excluding hydrogens is 365 g/mol. The highest BCUT2D eigenvalue weighted by Gasteiger charge is 2.09. The van der Waals surface area contributed by atoms with Crippen LogP contribution in [0.5, 0.6) is 17.5 Å². The van der Waals surface area contributed by atoms with Crippen LogP contribution >= 0.6 is 11.6 Å². The highest BCUT2D eigenvalue weighted by atomic mass is 35.5. The highest BCUT2D eigenvalue weighted by Crippen LogP contribution is 2.27. The molecule has 0 aliphatic rings. The van der Waals surface area contributed by atoms with E-state index in [0.717, 1.165) is 0 Å². The Hall–Kier alpha value is -2.94. The third kappa shape index (κ3) is 4.37. The van der Waals surface area contributed by atoms with Gasteiger partial charge in [0.05, 0.1) is 36.4 Å². The normalized spacial score (nSPS) is 10.6. The van der Waals surface area contributed by atoms with Crippen molar-refractivity contribution in [2.24, 2.45) is 0 Å². The minimum Gasteiger partial charge on any atom is -0.494 e. The summed E-state index contributed by atoms with van der Waals surface area (Å²) in [6.07, 6.45) is 4.70. The largest absolute Gasteiger partial charge is 0.494 e. The summed E-state index contributed by atoms with van der Waals surface area (Å²) in [7, 11) is 1.53. The predicted octanol–water partition coefficient (Wildman–Crippen LogP) is 2.65. The number of hydrogen-bond acceptors (Lipinski definition) is 7. The monoisotopic (exact) mass is 379 g/mol. The number of rotatable bonds is 8. The third-order valence-electron chi connectivity index (χ3n) is 3.24. The summed E-state index contributed by atoms with van der Waals surface area (Å²) in [4.78, 5) is 8.01. The molecule has 0 radical (unpaired) electrons. The first-order valence-electron chi connectivity index (χ1n) is 7.58. The van der Waals surface area contributed by atoms with Crippen LogP contribution in [0, 0.1) is 0 Å². The summed E-state index contributed by atoms with van der Waals surface area (Å²) in [5.74, 6) is 0.915. The summed E-state index contributed by atoms with van der Waals surface area (Å²) >= 11 is 6.03. The number of alkyl halides is 1. The summed E-state index contributed by atoms with van der Waals surface area (Å²) in [6.45, 7) is -0.522. The Morgan fingerprint density at radius 1 is 1.19 bits per heavy atom. The van der Waals surface area contributed by atoms with Gasteiger partial charge in [-0.25, -0.2) is 9.07 Å². The number of methoxy groups -OCH3 is 1. The molecule has 8 nitrogen and oxygen atoms in total. The number of ether oxygens (including phenoxy) is 3. The van der Waals surface area contributed by atoms with Crippen LogP contribution in [0.4, 0.5) is 4.39 Å². The number of benzene rings is 1. The van der Waals surface area contributed by atoms with E-state index in [4.69, 9.17) is 25.8 Å². The molecule has 0 saturated carbocycles. The van der Waals surface area contributed by atoms with E-state index >= 15 is 0 Å². The molecule has 0 N–H and O–H groups in total. The zero-order valence-corrected chi connectivity index (χ0v) is 14.6. The standard InChI is InChI=1S/C16H15ClFN5O3/c1-24-13-7-19-16(20-8-13)26-10-11-9-23(22-21-11)12-2-3-14(17)15(6-12)25-5-4-18/h2-3,6-9H,4-5,10H2,1H3. The lowest BCUT2D eigenvalue weighted by molar-refractivity contribution is 0.273. The van der Waals surface area contributed by atoms with Crippen molar-refractivity contribution in [3.05, 3.63) is 47.5 Å². The van der Waals surface area contributed by atoms with Gasteiger partial charge in [0.1, 0.15) is 31.3 Å². The van der Waals surface area contributed by atoms with Crippen molar-refractivity contribution >= 4 is 11.6 Å². The number of nitrogens with zero attached hydrogens (tertiary/aromatic N) is 5. The number of aromatic nitrogens is 5. The van der Waals surface area contributed by atoms with Crippen molar-refractivity contribution < 1.29 is 18.6 Å². The Bertz CT molecular complexity index is 859. The van der Waals surface area contributed by atoms with E-state index < -0.39 is 6.67 Å². The Labute approximate surface area is 153 Å². The molecule has 0 amide bonds. The van der Waals surface area contributed by atoms with Crippen LogP contribution in [-0.2, 0) is 6.61 Å². The molecule has 10 heteroatoms. The minimum atomic E-state index is -0.598. The molecule has 3 rings (SSSR count). The molecule has 3 aromatic rings. The second-order valence-corrected chi connectivity index (χ2v) is 5.41. The van der Waals surface area contributed by atoms with E-state index in [1.165, 1.54) is 24.2 Å². The van der Waals surface area contributed by atoms with Gasteiger partial charge in [-0.3, -0.25) is 0 Å². The quantitative estimate of drug-likeness (QED) is 0.594. The average Bonchev–Trinajstić information content (AvgIpc) is 3.15. The Morgan fingerprint density at radius 2 is 2.00 bits per heavy atom. The van der Waals surface area contributed by atoms with Gasteiger partial charge in [-0.1, -0.05) is 16.8 Å². The van der Waals surface area contributed by atoms with Gasteiger partial charge in [-0.15, -0.1) is 5.10 Å². The number of halogens is 2. The van der Waals surface area contributed by atoms with Gasteiger partial charge >= 0.3 is 6.01 Å².